The molecule has 1 N–H and O–H groups in total. The number of nitriles is 1. The van der Waals surface area contributed by atoms with Crippen LogP contribution in [0.5, 0.6) is 5.75 Å². The number of anilines is 1. The summed E-state index contributed by atoms with van der Waals surface area (Å²) in [6.07, 6.45) is 3.85. The van der Waals surface area contributed by atoms with Gasteiger partial charge in [-0.3, -0.25) is 0 Å². The first-order valence-electron chi connectivity index (χ1n) is 6.81. The molecular formula is C15H14ClN3OS. The summed E-state index contributed by atoms with van der Waals surface area (Å²) in [5.74, 6) is 0.906. The van der Waals surface area contributed by atoms with Gasteiger partial charge >= 0.3 is 0 Å². The molecule has 0 saturated heterocycles. The Balaban J connectivity index is 1.71. The van der Waals surface area contributed by atoms with Crippen molar-refractivity contribution in [2.24, 2.45) is 0 Å². The summed E-state index contributed by atoms with van der Waals surface area (Å²) in [7, 11) is 0. The summed E-state index contributed by atoms with van der Waals surface area (Å²) in [4.78, 5) is 0. The SMILES string of the molecule is N#Cc1c(Cl)nsc1NCc1ccccc1OC1CCC1. The molecule has 0 amide bonds. The van der Waals surface area contributed by atoms with Crippen LogP contribution in [0.25, 0.3) is 0 Å². The van der Waals surface area contributed by atoms with E-state index in [4.69, 9.17) is 21.6 Å². The first-order valence-corrected chi connectivity index (χ1v) is 7.97. The maximum Gasteiger partial charge on any atom is 0.162 e. The van der Waals surface area contributed by atoms with E-state index < -0.39 is 0 Å². The lowest BCUT2D eigenvalue weighted by molar-refractivity contribution is 0.119. The predicted octanol–water partition coefficient (Wildman–Crippen LogP) is 4.21. The molecule has 6 heteroatoms. The number of nitrogens with zero attached hydrogens (tertiary/aromatic N) is 2. The van der Waals surface area contributed by atoms with Gasteiger partial charge in [-0.2, -0.15) is 9.64 Å². The predicted molar refractivity (Wildman–Crippen MR) is 83.9 cm³/mol. The summed E-state index contributed by atoms with van der Waals surface area (Å²) in [5, 5.41) is 13.2. The monoisotopic (exact) mass is 319 g/mol. The van der Waals surface area contributed by atoms with Crippen LogP contribution in [-0.4, -0.2) is 10.5 Å². The molecule has 1 aromatic carbocycles. The number of halogens is 1. The van der Waals surface area contributed by atoms with Gasteiger partial charge in [0.2, 0.25) is 0 Å². The molecule has 0 atom stereocenters. The fourth-order valence-electron chi connectivity index (χ4n) is 2.10. The first kappa shape index (κ1) is 14.2. The minimum atomic E-state index is 0.254. The molecule has 1 fully saturated rings. The Bertz CT molecular complexity index is 676. The van der Waals surface area contributed by atoms with E-state index in [2.05, 4.69) is 15.8 Å². The van der Waals surface area contributed by atoms with Gasteiger partial charge in [-0.25, -0.2) is 0 Å². The Morgan fingerprint density at radius 3 is 2.95 bits per heavy atom. The van der Waals surface area contributed by atoms with Crippen molar-refractivity contribution in [2.45, 2.75) is 31.9 Å². The van der Waals surface area contributed by atoms with Gasteiger partial charge in [-0.15, -0.1) is 0 Å². The van der Waals surface area contributed by atoms with Gasteiger partial charge in [-0.05, 0) is 36.9 Å². The second kappa shape index (κ2) is 6.33. The molecule has 0 unspecified atom stereocenters. The van der Waals surface area contributed by atoms with Gasteiger partial charge in [0, 0.05) is 12.1 Å². The molecule has 1 aliphatic rings. The highest BCUT2D eigenvalue weighted by molar-refractivity contribution is 7.10. The van der Waals surface area contributed by atoms with Crippen molar-refractivity contribution in [1.82, 2.24) is 4.37 Å². The van der Waals surface area contributed by atoms with E-state index in [-0.39, 0.29) is 5.15 Å². The van der Waals surface area contributed by atoms with Crippen molar-refractivity contribution in [2.75, 3.05) is 5.32 Å². The largest absolute Gasteiger partial charge is 0.490 e. The van der Waals surface area contributed by atoms with E-state index in [1.54, 1.807) is 0 Å². The standard InChI is InChI=1S/C15H14ClN3OS/c16-14-12(8-17)15(21-19-14)18-9-10-4-1-2-7-13(10)20-11-5-3-6-11/h1-2,4,7,11,18H,3,5-6,9H2. The summed E-state index contributed by atoms with van der Waals surface area (Å²) in [5.41, 5.74) is 1.47. The molecule has 1 aromatic heterocycles. The van der Waals surface area contributed by atoms with Gasteiger partial charge in [-0.1, -0.05) is 29.8 Å². The third kappa shape index (κ3) is 3.12. The Hall–Kier alpha value is -1.77. The Morgan fingerprint density at radius 2 is 2.24 bits per heavy atom. The molecule has 0 spiro atoms. The van der Waals surface area contributed by atoms with E-state index in [0.29, 0.717) is 23.2 Å². The van der Waals surface area contributed by atoms with Crippen molar-refractivity contribution < 1.29 is 4.74 Å². The van der Waals surface area contributed by atoms with Crippen LogP contribution in [0.15, 0.2) is 24.3 Å². The molecule has 1 saturated carbocycles. The highest BCUT2D eigenvalue weighted by Crippen LogP contribution is 2.30. The van der Waals surface area contributed by atoms with E-state index in [0.717, 1.165) is 24.2 Å². The molecule has 2 aromatic rings. The smallest absolute Gasteiger partial charge is 0.162 e. The topological polar surface area (TPSA) is 57.9 Å². The van der Waals surface area contributed by atoms with Crippen molar-refractivity contribution in [3.8, 4) is 11.8 Å². The van der Waals surface area contributed by atoms with Crippen molar-refractivity contribution >= 4 is 28.1 Å². The fourth-order valence-corrected chi connectivity index (χ4v) is 3.03. The molecular weight excluding hydrogens is 306 g/mol. The zero-order valence-electron chi connectivity index (χ0n) is 11.3. The van der Waals surface area contributed by atoms with Crippen LogP contribution < -0.4 is 10.1 Å². The number of ether oxygens (including phenoxy) is 1. The summed E-state index contributed by atoms with van der Waals surface area (Å²) < 4.78 is 9.97. The van der Waals surface area contributed by atoms with E-state index in [9.17, 15) is 0 Å². The van der Waals surface area contributed by atoms with Gasteiger partial charge in [0.25, 0.3) is 0 Å². The zero-order chi connectivity index (χ0) is 14.7. The average molecular weight is 320 g/mol. The molecule has 4 nitrogen and oxygen atoms in total. The second-order valence-corrected chi connectivity index (χ2v) is 6.05. The van der Waals surface area contributed by atoms with Crippen LogP contribution in [0.4, 0.5) is 5.00 Å². The zero-order valence-corrected chi connectivity index (χ0v) is 12.9. The molecule has 1 aliphatic carbocycles. The van der Waals surface area contributed by atoms with Gasteiger partial charge < -0.3 is 10.1 Å². The minimum absolute atomic E-state index is 0.254. The maximum atomic E-state index is 9.07. The quantitative estimate of drug-likeness (QED) is 0.896. The summed E-state index contributed by atoms with van der Waals surface area (Å²) in [6.45, 7) is 0.579. The number of hydrogen-bond donors (Lipinski definition) is 1. The number of rotatable bonds is 5. The second-order valence-electron chi connectivity index (χ2n) is 4.92. The molecule has 0 aliphatic heterocycles. The molecule has 0 bridgehead atoms. The Labute approximate surface area is 132 Å². The van der Waals surface area contributed by atoms with Crippen LogP contribution in [0, 0.1) is 11.3 Å². The van der Waals surface area contributed by atoms with Crippen LogP contribution in [-0.2, 0) is 6.54 Å². The lowest BCUT2D eigenvalue weighted by Gasteiger charge is -2.27. The van der Waals surface area contributed by atoms with E-state index in [1.165, 1.54) is 18.0 Å². The number of hydrogen-bond acceptors (Lipinski definition) is 5. The molecule has 0 radical (unpaired) electrons. The molecule has 3 rings (SSSR count). The summed E-state index contributed by atoms with van der Waals surface area (Å²) >= 11 is 7.06. The lowest BCUT2D eigenvalue weighted by Crippen LogP contribution is -2.25. The van der Waals surface area contributed by atoms with Crippen LogP contribution >= 0.6 is 23.1 Å². The Kier molecular flexibility index (Phi) is 4.28. The molecule has 21 heavy (non-hydrogen) atoms. The van der Waals surface area contributed by atoms with Crippen LogP contribution in [0.2, 0.25) is 5.15 Å². The van der Waals surface area contributed by atoms with E-state index in [1.807, 2.05) is 24.3 Å². The van der Waals surface area contributed by atoms with Crippen LogP contribution in [0.1, 0.15) is 30.4 Å². The highest BCUT2D eigenvalue weighted by Gasteiger charge is 2.20. The third-order valence-electron chi connectivity index (χ3n) is 3.52. The molecule has 1 heterocycles. The number of para-hydroxylation sites is 1. The van der Waals surface area contributed by atoms with Gasteiger partial charge in [0.05, 0.1) is 6.10 Å². The normalized spacial score (nSPS) is 14.3. The van der Waals surface area contributed by atoms with Crippen LogP contribution in [0.3, 0.4) is 0 Å². The average Bonchev–Trinajstić information content (AvgIpc) is 2.82. The van der Waals surface area contributed by atoms with E-state index >= 15 is 0 Å². The fraction of sp³-hybridized carbons (Fsp3) is 0.333. The Morgan fingerprint density at radius 1 is 1.43 bits per heavy atom. The van der Waals surface area contributed by atoms with Crippen molar-refractivity contribution in [1.29, 1.82) is 5.26 Å². The van der Waals surface area contributed by atoms with Crippen molar-refractivity contribution in [3.63, 3.8) is 0 Å². The lowest BCUT2D eigenvalue weighted by atomic mass is 9.96. The number of benzene rings is 1. The van der Waals surface area contributed by atoms with Gasteiger partial charge in [0.15, 0.2) is 5.15 Å². The maximum absolute atomic E-state index is 9.07. The van der Waals surface area contributed by atoms with Crippen molar-refractivity contribution in [3.05, 3.63) is 40.5 Å². The van der Waals surface area contributed by atoms with Gasteiger partial charge in [0.1, 0.15) is 22.4 Å². The number of nitrogens with one attached hydrogen (secondary N) is 1. The first-order chi connectivity index (χ1) is 10.3. The minimum Gasteiger partial charge on any atom is -0.490 e. The number of aromatic nitrogens is 1. The third-order valence-corrected chi connectivity index (χ3v) is 4.70. The summed E-state index contributed by atoms with van der Waals surface area (Å²) in [6, 6.07) is 10.0. The highest BCUT2D eigenvalue weighted by atomic mass is 35.5. The molecule has 108 valence electrons.